The maximum Gasteiger partial charge on any atom is 0.326 e. The zero-order valence-electron chi connectivity index (χ0n) is 9.52. The van der Waals surface area contributed by atoms with E-state index >= 15 is 0 Å². The second kappa shape index (κ2) is 8.34. The molecule has 5 N–H and O–H groups in total. The number of carboxylic acid groups (broad SMARTS) is 2. The lowest BCUT2D eigenvalue weighted by Crippen LogP contribution is -2.47. The Morgan fingerprint density at radius 3 is 2.29 bits per heavy atom. The molecule has 0 fully saturated rings. The number of nitrogens with one attached hydrogen (secondary N) is 3. The summed E-state index contributed by atoms with van der Waals surface area (Å²) in [5, 5.41) is 24.5. The number of carbonyl (C=O) groups excluding carboxylic acids is 1. The monoisotopic (exact) mass is 247 g/mol. The molecule has 0 rings (SSSR count). The third kappa shape index (κ3) is 8.03. The van der Waals surface area contributed by atoms with Crippen LogP contribution in [0.5, 0.6) is 0 Å². The predicted octanol–water partition coefficient (Wildman–Crippen LogP) is -1.18. The molecule has 0 spiro atoms. The van der Waals surface area contributed by atoms with Crippen LogP contribution in [0.3, 0.4) is 0 Å². The number of amides is 2. The first-order valence-corrected chi connectivity index (χ1v) is 5.11. The highest BCUT2D eigenvalue weighted by atomic mass is 16.4. The van der Waals surface area contributed by atoms with Crippen LogP contribution in [0.2, 0.25) is 0 Å². The van der Waals surface area contributed by atoms with Crippen molar-refractivity contribution < 1.29 is 24.6 Å². The standard InChI is InChI=1S/C9H17N3O5/c1-10-3-2-4-11-9(17)12-6(8(15)16)5-7(13)14/h6,10H,2-5H2,1H3,(H,13,14)(H,15,16)(H2,11,12,17)/t6-/m1/s1. The number of aliphatic carboxylic acids is 2. The van der Waals surface area contributed by atoms with E-state index < -0.39 is 30.4 Å². The topological polar surface area (TPSA) is 128 Å². The lowest BCUT2D eigenvalue weighted by Gasteiger charge is -2.13. The first kappa shape index (κ1) is 15.2. The summed E-state index contributed by atoms with van der Waals surface area (Å²) in [7, 11) is 1.77. The molecule has 0 unspecified atom stereocenters. The van der Waals surface area contributed by atoms with E-state index in [-0.39, 0.29) is 0 Å². The molecular weight excluding hydrogens is 230 g/mol. The van der Waals surface area contributed by atoms with Gasteiger partial charge in [-0.15, -0.1) is 0 Å². The zero-order valence-corrected chi connectivity index (χ0v) is 9.52. The quantitative estimate of drug-likeness (QED) is 0.344. The molecule has 0 aliphatic carbocycles. The summed E-state index contributed by atoms with van der Waals surface area (Å²) < 4.78 is 0. The van der Waals surface area contributed by atoms with E-state index in [0.717, 1.165) is 6.54 Å². The fourth-order valence-electron chi connectivity index (χ4n) is 1.05. The fraction of sp³-hybridized carbons (Fsp3) is 0.667. The average molecular weight is 247 g/mol. The first-order valence-electron chi connectivity index (χ1n) is 5.11. The van der Waals surface area contributed by atoms with Gasteiger partial charge in [-0.3, -0.25) is 4.79 Å². The molecule has 0 aromatic heterocycles. The van der Waals surface area contributed by atoms with Crippen molar-refractivity contribution in [1.29, 1.82) is 0 Å². The summed E-state index contributed by atoms with van der Waals surface area (Å²) in [6.07, 6.45) is 0.0415. The molecule has 0 aromatic rings. The lowest BCUT2D eigenvalue weighted by atomic mass is 10.2. The Kier molecular flexibility index (Phi) is 7.44. The van der Waals surface area contributed by atoms with E-state index in [2.05, 4.69) is 16.0 Å². The molecule has 17 heavy (non-hydrogen) atoms. The summed E-state index contributed by atoms with van der Waals surface area (Å²) in [5.74, 6) is -2.66. The summed E-state index contributed by atoms with van der Waals surface area (Å²) in [4.78, 5) is 32.2. The molecular formula is C9H17N3O5. The van der Waals surface area contributed by atoms with Gasteiger partial charge in [0.15, 0.2) is 0 Å². The van der Waals surface area contributed by atoms with Crippen LogP contribution in [0, 0.1) is 0 Å². The van der Waals surface area contributed by atoms with Crippen molar-refractivity contribution in [3.63, 3.8) is 0 Å². The molecule has 0 radical (unpaired) electrons. The van der Waals surface area contributed by atoms with E-state index in [0.29, 0.717) is 13.0 Å². The minimum Gasteiger partial charge on any atom is -0.481 e. The van der Waals surface area contributed by atoms with Gasteiger partial charge in [0, 0.05) is 6.54 Å². The van der Waals surface area contributed by atoms with Crippen LogP contribution in [0.25, 0.3) is 0 Å². The molecule has 1 atom stereocenters. The van der Waals surface area contributed by atoms with Crippen molar-refractivity contribution in [2.45, 2.75) is 18.9 Å². The largest absolute Gasteiger partial charge is 0.481 e. The Labute approximate surface area is 98.4 Å². The smallest absolute Gasteiger partial charge is 0.326 e. The van der Waals surface area contributed by atoms with E-state index in [1.165, 1.54) is 0 Å². The van der Waals surface area contributed by atoms with Gasteiger partial charge in [0.2, 0.25) is 0 Å². The Morgan fingerprint density at radius 1 is 1.18 bits per heavy atom. The summed E-state index contributed by atoms with van der Waals surface area (Å²) in [6, 6.07) is -2.11. The second-order valence-electron chi connectivity index (χ2n) is 3.35. The van der Waals surface area contributed by atoms with Gasteiger partial charge < -0.3 is 26.2 Å². The number of urea groups is 1. The molecule has 0 aromatic carbocycles. The molecule has 0 saturated heterocycles. The number of hydrogen-bond donors (Lipinski definition) is 5. The van der Waals surface area contributed by atoms with Crippen LogP contribution in [-0.4, -0.2) is 54.4 Å². The Morgan fingerprint density at radius 2 is 1.82 bits per heavy atom. The van der Waals surface area contributed by atoms with Gasteiger partial charge >= 0.3 is 18.0 Å². The Hall–Kier alpha value is -1.83. The van der Waals surface area contributed by atoms with E-state index in [9.17, 15) is 14.4 Å². The van der Waals surface area contributed by atoms with E-state index in [1.807, 2.05) is 0 Å². The third-order valence-electron chi connectivity index (χ3n) is 1.87. The van der Waals surface area contributed by atoms with Gasteiger partial charge in [0.05, 0.1) is 6.42 Å². The molecule has 98 valence electrons. The van der Waals surface area contributed by atoms with Gasteiger partial charge in [-0.2, -0.15) is 0 Å². The summed E-state index contributed by atoms with van der Waals surface area (Å²) in [5.41, 5.74) is 0. The Bertz CT molecular complexity index is 282. The van der Waals surface area contributed by atoms with Crippen molar-refractivity contribution in [2.75, 3.05) is 20.1 Å². The number of hydrogen-bond acceptors (Lipinski definition) is 4. The van der Waals surface area contributed by atoms with Gasteiger partial charge in [-0.05, 0) is 20.0 Å². The average Bonchev–Trinajstić information content (AvgIpc) is 2.22. The van der Waals surface area contributed by atoms with Crippen molar-refractivity contribution in [3.05, 3.63) is 0 Å². The van der Waals surface area contributed by atoms with Crippen LogP contribution in [0.15, 0.2) is 0 Å². The van der Waals surface area contributed by atoms with Crippen LogP contribution in [0.4, 0.5) is 4.79 Å². The zero-order chi connectivity index (χ0) is 13.3. The summed E-state index contributed by atoms with van der Waals surface area (Å²) in [6.45, 7) is 1.10. The third-order valence-corrected chi connectivity index (χ3v) is 1.87. The highest BCUT2D eigenvalue weighted by molar-refractivity contribution is 5.86. The van der Waals surface area contributed by atoms with Crippen molar-refractivity contribution in [2.24, 2.45) is 0 Å². The molecule has 0 saturated carbocycles. The molecule has 0 aliphatic rings. The molecule has 2 amide bonds. The fourth-order valence-corrected chi connectivity index (χ4v) is 1.05. The van der Waals surface area contributed by atoms with Crippen molar-refractivity contribution >= 4 is 18.0 Å². The predicted molar refractivity (Wildman–Crippen MR) is 58.8 cm³/mol. The normalized spacial score (nSPS) is 11.6. The lowest BCUT2D eigenvalue weighted by molar-refractivity contribution is -0.145. The van der Waals surface area contributed by atoms with E-state index in [4.69, 9.17) is 10.2 Å². The summed E-state index contributed by atoms with van der Waals surface area (Å²) >= 11 is 0. The highest BCUT2D eigenvalue weighted by Crippen LogP contribution is 1.92. The second-order valence-corrected chi connectivity index (χ2v) is 3.35. The van der Waals surface area contributed by atoms with Gasteiger partial charge in [0.1, 0.15) is 6.04 Å². The Balaban J connectivity index is 3.96. The minimum absolute atomic E-state index is 0.381. The van der Waals surface area contributed by atoms with Crippen LogP contribution in [0.1, 0.15) is 12.8 Å². The van der Waals surface area contributed by atoms with Crippen LogP contribution in [-0.2, 0) is 9.59 Å². The maximum atomic E-state index is 11.2. The minimum atomic E-state index is -1.42. The molecule has 0 bridgehead atoms. The first-order chi connectivity index (χ1) is 7.97. The highest BCUT2D eigenvalue weighted by Gasteiger charge is 2.22. The molecule has 8 nitrogen and oxygen atoms in total. The molecule has 0 heterocycles. The van der Waals surface area contributed by atoms with Gasteiger partial charge in [0.25, 0.3) is 0 Å². The number of carbonyl (C=O) groups is 3. The van der Waals surface area contributed by atoms with Gasteiger partial charge in [-0.1, -0.05) is 0 Å². The number of carboxylic acids is 2. The van der Waals surface area contributed by atoms with Crippen LogP contribution < -0.4 is 16.0 Å². The van der Waals surface area contributed by atoms with E-state index in [1.54, 1.807) is 7.05 Å². The van der Waals surface area contributed by atoms with Gasteiger partial charge in [-0.25, -0.2) is 9.59 Å². The number of rotatable bonds is 8. The molecule has 0 aliphatic heterocycles. The molecule has 8 heteroatoms. The maximum absolute atomic E-state index is 11.2. The van der Waals surface area contributed by atoms with Crippen molar-refractivity contribution in [3.8, 4) is 0 Å². The van der Waals surface area contributed by atoms with Crippen molar-refractivity contribution in [1.82, 2.24) is 16.0 Å². The van der Waals surface area contributed by atoms with Crippen LogP contribution >= 0.6 is 0 Å². The SMILES string of the molecule is CNCCCNC(=O)N[C@H](CC(=O)O)C(=O)O.